The van der Waals surface area contributed by atoms with Gasteiger partial charge < -0.3 is 5.32 Å². The Morgan fingerprint density at radius 2 is 2.46 bits per heavy atom. The van der Waals surface area contributed by atoms with Crippen LogP contribution in [-0.2, 0) is 0 Å². The van der Waals surface area contributed by atoms with Gasteiger partial charge in [0.05, 0.1) is 0 Å². The second-order valence-electron chi connectivity index (χ2n) is 3.94. The standard InChI is InChI=1S/C10H18N2S/c1-2-6-11-10-12-9-5-3-4-8(9)7-13-10/h8-9H,2-7H2,1H3,(H,11,12). The SMILES string of the molecule is CCCN=C1NC2CCCC2CS1. The van der Waals surface area contributed by atoms with E-state index in [1.165, 1.54) is 30.2 Å². The summed E-state index contributed by atoms with van der Waals surface area (Å²) in [6, 6.07) is 0.747. The smallest absolute Gasteiger partial charge is 0.156 e. The van der Waals surface area contributed by atoms with Crippen molar-refractivity contribution in [2.45, 2.75) is 38.6 Å². The normalized spacial score (nSPS) is 35.9. The van der Waals surface area contributed by atoms with E-state index in [0.29, 0.717) is 0 Å². The molecule has 0 radical (unpaired) electrons. The summed E-state index contributed by atoms with van der Waals surface area (Å²) in [6.45, 7) is 3.16. The Hall–Kier alpha value is -0.180. The molecule has 1 heterocycles. The van der Waals surface area contributed by atoms with Crippen molar-refractivity contribution in [3.8, 4) is 0 Å². The average molecular weight is 198 g/mol. The summed E-state index contributed by atoms with van der Waals surface area (Å²) < 4.78 is 0. The molecule has 2 aliphatic rings. The van der Waals surface area contributed by atoms with Crippen LogP contribution < -0.4 is 5.32 Å². The second-order valence-corrected chi connectivity index (χ2v) is 4.95. The molecule has 0 aromatic rings. The Kier molecular flexibility index (Phi) is 3.14. The van der Waals surface area contributed by atoms with Gasteiger partial charge in [-0.1, -0.05) is 25.1 Å². The molecule has 1 aliphatic carbocycles. The number of nitrogens with zero attached hydrogens (tertiary/aromatic N) is 1. The fraction of sp³-hybridized carbons (Fsp3) is 0.900. The van der Waals surface area contributed by atoms with Gasteiger partial charge in [0.25, 0.3) is 0 Å². The molecular weight excluding hydrogens is 180 g/mol. The van der Waals surface area contributed by atoms with Crippen LogP contribution >= 0.6 is 11.8 Å². The van der Waals surface area contributed by atoms with Crippen molar-refractivity contribution in [1.82, 2.24) is 5.32 Å². The number of rotatable bonds is 2. The van der Waals surface area contributed by atoms with Gasteiger partial charge in [-0.05, 0) is 25.2 Å². The Bertz CT molecular complexity index is 203. The maximum atomic E-state index is 4.53. The van der Waals surface area contributed by atoms with E-state index >= 15 is 0 Å². The van der Waals surface area contributed by atoms with E-state index < -0.39 is 0 Å². The molecular formula is C10H18N2S. The highest BCUT2D eigenvalue weighted by Crippen LogP contribution is 2.32. The van der Waals surface area contributed by atoms with Crippen LogP contribution in [0.1, 0.15) is 32.6 Å². The summed E-state index contributed by atoms with van der Waals surface area (Å²) in [5, 5.41) is 4.76. The summed E-state index contributed by atoms with van der Waals surface area (Å²) in [7, 11) is 0. The number of hydrogen-bond donors (Lipinski definition) is 1. The maximum absolute atomic E-state index is 4.53. The fourth-order valence-corrected chi connectivity index (χ4v) is 3.31. The van der Waals surface area contributed by atoms with E-state index in [1.54, 1.807) is 0 Å². The van der Waals surface area contributed by atoms with Gasteiger partial charge in [-0.25, -0.2) is 0 Å². The average Bonchev–Trinajstić information content (AvgIpc) is 2.61. The lowest BCUT2D eigenvalue weighted by atomic mass is 10.1. The molecule has 3 heteroatoms. The van der Waals surface area contributed by atoms with Crippen molar-refractivity contribution in [2.24, 2.45) is 10.9 Å². The molecule has 1 saturated heterocycles. The monoisotopic (exact) mass is 198 g/mol. The first-order chi connectivity index (χ1) is 6.40. The molecule has 0 bridgehead atoms. The van der Waals surface area contributed by atoms with E-state index in [2.05, 4.69) is 17.2 Å². The van der Waals surface area contributed by atoms with E-state index in [1.807, 2.05) is 11.8 Å². The minimum atomic E-state index is 0.747. The molecule has 13 heavy (non-hydrogen) atoms. The van der Waals surface area contributed by atoms with Crippen molar-refractivity contribution in [3.05, 3.63) is 0 Å². The zero-order valence-electron chi connectivity index (χ0n) is 8.25. The minimum absolute atomic E-state index is 0.747. The van der Waals surface area contributed by atoms with Gasteiger partial charge in [-0.15, -0.1) is 0 Å². The zero-order chi connectivity index (χ0) is 9.10. The van der Waals surface area contributed by atoms with Crippen LogP contribution in [0.3, 0.4) is 0 Å². The zero-order valence-corrected chi connectivity index (χ0v) is 9.07. The highest BCUT2D eigenvalue weighted by atomic mass is 32.2. The molecule has 0 aromatic carbocycles. The Balaban J connectivity index is 1.89. The van der Waals surface area contributed by atoms with Gasteiger partial charge in [0.15, 0.2) is 5.17 Å². The summed E-state index contributed by atoms with van der Waals surface area (Å²) in [5.74, 6) is 2.21. The van der Waals surface area contributed by atoms with Gasteiger partial charge in [0.2, 0.25) is 0 Å². The third kappa shape index (κ3) is 2.19. The Morgan fingerprint density at radius 3 is 3.31 bits per heavy atom. The van der Waals surface area contributed by atoms with E-state index in [0.717, 1.165) is 24.9 Å². The van der Waals surface area contributed by atoms with Crippen LogP contribution in [0.2, 0.25) is 0 Å². The Labute approximate surface area is 84.6 Å². The lowest BCUT2D eigenvalue weighted by Gasteiger charge is -2.27. The molecule has 2 nitrogen and oxygen atoms in total. The molecule has 74 valence electrons. The van der Waals surface area contributed by atoms with E-state index in [-0.39, 0.29) is 0 Å². The predicted molar refractivity (Wildman–Crippen MR) is 59.3 cm³/mol. The third-order valence-electron chi connectivity index (χ3n) is 2.88. The number of thioether (sulfide) groups is 1. The van der Waals surface area contributed by atoms with Gasteiger partial charge in [0, 0.05) is 18.3 Å². The van der Waals surface area contributed by atoms with E-state index in [4.69, 9.17) is 0 Å². The summed E-state index contributed by atoms with van der Waals surface area (Å²) >= 11 is 1.92. The molecule has 0 amide bonds. The fourth-order valence-electron chi connectivity index (χ4n) is 2.12. The number of aliphatic imine (C=N–C) groups is 1. The number of nitrogens with one attached hydrogen (secondary N) is 1. The number of hydrogen-bond acceptors (Lipinski definition) is 2. The minimum Gasteiger partial charge on any atom is -0.362 e. The number of fused-ring (bicyclic) bond motifs is 1. The number of amidine groups is 1. The molecule has 2 atom stereocenters. The van der Waals surface area contributed by atoms with Crippen LogP contribution in [0.25, 0.3) is 0 Å². The van der Waals surface area contributed by atoms with Crippen molar-refractivity contribution in [2.75, 3.05) is 12.3 Å². The predicted octanol–water partition coefficient (Wildman–Crippen LogP) is 2.26. The highest BCUT2D eigenvalue weighted by Gasteiger charge is 2.31. The Morgan fingerprint density at radius 1 is 1.54 bits per heavy atom. The topological polar surface area (TPSA) is 24.4 Å². The molecule has 2 fully saturated rings. The van der Waals surface area contributed by atoms with Crippen molar-refractivity contribution in [3.63, 3.8) is 0 Å². The molecule has 1 aliphatic heterocycles. The quantitative estimate of drug-likeness (QED) is 0.736. The first-order valence-corrected chi connectivity index (χ1v) is 6.32. The lowest BCUT2D eigenvalue weighted by Crippen LogP contribution is -2.41. The maximum Gasteiger partial charge on any atom is 0.156 e. The van der Waals surface area contributed by atoms with Gasteiger partial charge in [0.1, 0.15) is 0 Å². The third-order valence-corrected chi connectivity index (χ3v) is 4.00. The summed E-state index contributed by atoms with van der Waals surface area (Å²) in [6.07, 6.45) is 5.34. The van der Waals surface area contributed by atoms with Crippen molar-refractivity contribution < 1.29 is 0 Å². The van der Waals surface area contributed by atoms with Crippen LogP contribution in [0, 0.1) is 5.92 Å². The molecule has 0 aromatic heterocycles. The molecule has 2 rings (SSSR count). The molecule has 1 N–H and O–H groups in total. The largest absolute Gasteiger partial charge is 0.362 e. The van der Waals surface area contributed by atoms with E-state index in [9.17, 15) is 0 Å². The van der Waals surface area contributed by atoms with Crippen LogP contribution in [0.4, 0.5) is 0 Å². The first kappa shape index (κ1) is 9.38. The van der Waals surface area contributed by atoms with Gasteiger partial charge >= 0.3 is 0 Å². The summed E-state index contributed by atoms with van der Waals surface area (Å²) in [5.41, 5.74) is 0. The highest BCUT2D eigenvalue weighted by molar-refractivity contribution is 8.13. The second kappa shape index (κ2) is 4.36. The molecule has 0 spiro atoms. The molecule has 1 saturated carbocycles. The van der Waals surface area contributed by atoms with Gasteiger partial charge in [-0.3, -0.25) is 4.99 Å². The van der Waals surface area contributed by atoms with Crippen molar-refractivity contribution in [1.29, 1.82) is 0 Å². The van der Waals surface area contributed by atoms with Crippen molar-refractivity contribution >= 4 is 16.9 Å². The van der Waals surface area contributed by atoms with Crippen LogP contribution in [0.15, 0.2) is 4.99 Å². The lowest BCUT2D eigenvalue weighted by molar-refractivity contribution is 0.489. The van der Waals surface area contributed by atoms with Crippen LogP contribution in [0.5, 0.6) is 0 Å². The van der Waals surface area contributed by atoms with Crippen LogP contribution in [-0.4, -0.2) is 23.5 Å². The first-order valence-electron chi connectivity index (χ1n) is 5.34. The molecule has 2 unspecified atom stereocenters. The van der Waals surface area contributed by atoms with Gasteiger partial charge in [-0.2, -0.15) is 0 Å². The summed E-state index contributed by atoms with van der Waals surface area (Å²) in [4.78, 5) is 4.53.